The summed E-state index contributed by atoms with van der Waals surface area (Å²) < 4.78 is 12.7. The van der Waals surface area contributed by atoms with Gasteiger partial charge in [-0.15, -0.1) is 0 Å². The van der Waals surface area contributed by atoms with Crippen LogP contribution in [0.15, 0.2) is 0 Å². The molecule has 0 aromatic heterocycles. The van der Waals surface area contributed by atoms with E-state index >= 15 is 0 Å². The van der Waals surface area contributed by atoms with Gasteiger partial charge >= 0.3 is 8.25 Å². The first-order chi connectivity index (χ1) is 2.27. The van der Waals surface area contributed by atoms with Crippen LogP contribution in [0.1, 0.15) is 0 Å². The SMILES string of the molecule is O=[P](O)OS. The van der Waals surface area contributed by atoms with Crippen molar-refractivity contribution in [1.29, 1.82) is 0 Å². The lowest BCUT2D eigenvalue weighted by atomic mass is 15.8. The topological polar surface area (TPSA) is 46.5 Å². The average molecular weight is 113 g/mol. The summed E-state index contributed by atoms with van der Waals surface area (Å²) in [5.41, 5.74) is 0. The normalized spacial score (nSPS) is 11.2. The molecule has 0 saturated carbocycles. The molecular formula is H2O3PS. The Morgan fingerprint density at radius 1 is 2.00 bits per heavy atom. The summed E-state index contributed by atoms with van der Waals surface area (Å²) in [6, 6.07) is 0. The standard InChI is InChI=1S/H2O3PS/c1-4(2)3-5/h5H,(H,1,2). The predicted octanol–water partition coefficient (Wildman–Crippen LogP) is 0.497. The summed E-state index contributed by atoms with van der Waals surface area (Å²) >= 11 is 2.98. The van der Waals surface area contributed by atoms with E-state index in [0.29, 0.717) is 0 Å². The summed E-state index contributed by atoms with van der Waals surface area (Å²) in [6.07, 6.45) is 0. The minimum absolute atomic E-state index is 2.48. The van der Waals surface area contributed by atoms with Crippen LogP contribution < -0.4 is 0 Å². The fourth-order valence-corrected chi connectivity index (χ4v) is 0. The first-order valence-corrected chi connectivity index (χ1v) is 2.24. The Labute approximate surface area is 35.5 Å². The molecule has 0 heterocycles. The molecule has 1 atom stereocenters. The van der Waals surface area contributed by atoms with Crippen LogP contribution in [0.25, 0.3) is 0 Å². The van der Waals surface area contributed by atoms with Crippen molar-refractivity contribution >= 4 is 21.2 Å². The van der Waals surface area contributed by atoms with Crippen LogP contribution in [0.3, 0.4) is 0 Å². The van der Waals surface area contributed by atoms with Crippen molar-refractivity contribution in [2.45, 2.75) is 0 Å². The van der Waals surface area contributed by atoms with Gasteiger partial charge in [0.25, 0.3) is 0 Å². The van der Waals surface area contributed by atoms with Crippen LogP contribution in [0.4, 0.5) is 0 Å². The van der Waals surface area contributed by atoms with Gasteiger partial charge in [-0.1, -0.05) is 0 Å². The fraction of sp³-hybridized carbons (Fsp3) is 0. The van der Waals surface area contributed by atoms with Crippen molar-refractivity contribution in [3.63, 3.8) is 0 Å². The molecule has 1 N–H and O–H groups in total. The van der Waals surface area contributed by atoms with Gasteiger partial charge in [-0.3, -0.25) is 4.89 Å². The molecule has 0 spiro atoms. The summed E-state index contributed by atoms with van der Waals surface area (Å²) in [7, 11) is -2.48. The summed E-state index contributed by atoms with van der Waals surface area (Å²) in [4.78, 5) is 7.57. The molecule has 0 aliphatic heterocycles. The second-order valence-corrected chi connectivity index (χ2v) is 1.45. The molecule has 0 aromatic rings. The zero-order valence-electron chi connectivity index (χ0n) is 2.16. The molecule has 31 valence electrons. The summed E-state index contributed by atoms with van der Waals surface area (Å²) in [5.74, 6) is 0. The maximum absolute atomic E-state index is 9.22. The molecule has 0 saturated heterocycles. The second kappa shape index (κ2) is 2.60. The average Bonchev–Trinajstić information content (AvgIpc) is 1.38. The highest BCUT2D eigenvalue weighted by atomic mass is 32.1. The molecule has 0 fully saturated rings. The molecule has 3 nitrogen and oxygen atoms in total. The summed E-state index contributed by atoms with van der Waals surface area (Å²) in [6.45, 7) is 0. The van der Waals surface area contributed by atoms with Crippen LogP contribution in [-0.2, 0) is 8.54 Å². The van der Waals surface area contributed by atoms with Crippen molar-refractivity contribution < 1.29 is 13.4 Å². The molecule has 0 aliphatic rings. The molecule has 5 heteroatoms. The Morgan fingerprint density at radius 2 is 2.20 bits per heavy atom. The molecule has 5 heavy (non-hydrogen) atoms. The van der Waals surface area contributed by atoms with E-state index in [4.69, 9.17) is 4.89 Å². The van der Waals surface area contributed by atoms with Gasteiger partial charge < -0.3 is 0 Å². The van der Waals surface area contributed by atoms with Crippen molar-refractivity contribution in [3.8, 4) is 0 Å². The lowest BCUT2D eigenvalue weighted by Gasteiger charge is -1.73. The number of hydrogen-bond acceptors (Lipinski definition) is 3. The quantitative estimate of drug-likeness (QED) is 0.295. The van der Waals surface area contributed by atoms with E-state index in [0.717, 1.165) is 0 Å². The zero-order valence-corrected chi connectivity index (χ0v) is 3.95. The molecule has 1 unspecified atom stereocenters. The minimum atomic E-state index is -2.48. The third-order valence-electron chi connectivity index (χ3n) is 0.0698. The van der Waals surface area contributed by atoms with Gasteiger partial charge in [0.2, 0.25) is 0 Å². The monoisotopic (exact) mass is 113 g/mol. The van der Waals surface area contributed by atoms with E-state index in [2.05, 4.69) is 16.9 Å². The Morgan fingerprint density at radius 3 is 2.20 bits per heavy atom. The number of thiol groups is 1. The highest BCUT2D eigenvalue weighted by Gasteiger charge is 1.79. The first kappa shape index (κ1) is 5.37. The van der Waals surface area contributed by atoms with Crippen molar-refractivity contribution in [3.05, 3.63) is 0 Å². The first-order valence-electron chi connectivity index (χ1n) is 0.748. The van der Waals surface area contributed by atoms with E-state index in [1.165, 1.54) is 0 Å². The molecule has 0 aromatic carbocycles. The van der Waals surface area contributed by atoms with E-state index in [-0.39, 0.29) is 0 Å². The third kappa shape index (κ3) is 4.37. The predicted molar refractivity (Wildman–Crippen MR) is 19.9 cm³/mol. The highest BCUT2D eigenvalue weighted by Crippen LogP contribution is 2.14. The van der Waals surface area contributed by atoms with Gasteiger partial charge in [0.1, 0.15) is 0 Å². The van der Waals surface area contributed by atoms with E-state index < -0.39 is 8.25 Å². The molecule has 1 radical (unpaired) electrons. The van der Waals surface area contributed by atoms with Gasteiger partial charge in [-0.2, -0.15) is 0 Å². The molecule has 0 bridgehead atoms. The Hall–Kier alpha value is 0.370. The van der Waals surface area contributed by atoms with Gasteiger partial charge in [0.05, 0.1) is 0 Å². The van der Waals surface area contributed by atoms with E-state index in [9.17, 15) is 4.57 Å². The van der Waals surface area contributed by atoms with Crippen LogP contribution in [-0.4, -0.2) is 4.89 Å². The van der Waals surface area contributed by atoms with Gasteiger partial charge in [0.15, 0.2) is 0 Å². The molecular weight excluding hydrogens is 111 g/mol. The zero-order chi connectivity index (χ0) is 4.28. The minimum Gasteiger partial charge on any atom is -0.298 e. The van der Waals surface area contributed by atoms with Gasteiger partial charge in [0, 0.05) is 0 Å². The molecule has 0 aliphatic carbocycles. The second-order valence-electron chi connectivity index (χ2n) is 0.319. The van der Waals surface area contributed by atoms with Crippen LogP contribution in [0.2, 0.25) is 0 Å². The van der Waals surface area contributed by atoms with Crippen molar-refractivity contribution in [2.75, 3.05) is 0 Å². The van der Waals surface area contributed by atoms with E-state index in [1.807, 2.05) is 0 Å². The Balaban J connectivity index is 2.85. The third-order valence-corrected chi connectivity index (χ3v) is 0.629. The van der Waals surface area contributed by atoms with Crippen molar-refractivity contribution in [1.82, 2.24) is 0 Å². The summed E-state index contributed by atoms with van der Waals surface area (Å²) in [5, 5.41) is 0. The molecule has 0 amide bonds. The number of rotatable bonds is 1. The maximum atomic E-state index is 9.22. The smallest absolute Gasteiger partial charge is 0.298 e. The number of hydrogen-bond donors (Lipinski definition) is 2. The van der Waals surface area contributed by atoms with Crippen molar-refractivity contribution in [2.24, 2.45) is 0 Å². The lowest BCUT2D eigenvalue weighted by molar-refractivity contribution is 0.435. The van der Waals surface area contributed by atoms with Crippen LogP contribution in [0, 0.1) is 0 Å². The lowest BCUT2D eigenvalue weighted by Crippen LogP contribution is -1.46. The van der Waals surface area contributed by atoms with Gasteiger partial charge in [-0.25, -0.2) is 8.54 Å². The largest absolute Gasteiger partial charge is 0.377 e. The van der Waals surface area contributed by atoms with Crippen LogP contribution in [0.5, 0.6) is 0 Å². The maximum Gasteiger partial charge on any atom is 0.377 e. The molecule has 0 rings (SSSR count). The highest BCUT2D eigenvalue weighted by molar-refractivity contribution is 7.79. The van der Waals surface area contributed by atoms with Gasteiger partial charge in [-0.05, 0) is 12.9 Å². The fourth-order valence-electron chi connectivity index (χ4n) is 0. The van der Waals surface area contributed by atoms with Crippen LogP contribution >= 0.6 is 21.2 Å². The van der Waals surface area contributed by atoms with E-state index in [1.54, 1.807) is 0 Å². The Kier molecular flexibility index (Phi) is 2.79. The Bertz CT molecular complexity index is 42.2.